The molecule has 1 fully saturated rings. The minimum atomic E-state index is -0.0697. The number of hydrogen-bond donors (Lipinski definition) is 1. The van der Waals surface area contributed by atoms with Gasteiger partial charge in [-0.3, -0.25) is 4.57 Å². The lowest BCUT2D eigenvalue weighted by atomic mass is 10.3. The molecule has 8 nitrogen and oxygen atoms in total. The van der Waals surface area contributed by atoms with Crippen LogP contribution in [-0.2, 0) is 0 Å². The summed E-state index contributed by atoms with van der Waals surface area (Å²) in [6.45, 7) is 2.72. The number of amides is 2. The first-order chi connectivity index (χ1) is 13.7. The summed E-state index contributed by atoms with van der Waals surface area (Å²) in [4.78, 5) is 30.4. The van der Waals surface area contributed by atoms with Gasteiger partial charge in [-0.25, -0.2) is 19.7 Å². The minimum absolute atomic E-state index is 0.0697. The summed E-state index contributed by atoms with van der Waals surface area (Å²) in [5, 5.41) is 2.99. The summed E-state index contributed by atoms with van der Waals surface area (Å²) in [5.74, 6) is 1.63. The summed E-state index contributed by atoms with van der Waals surface area (Å²) in [5.41, 5.74) is 0.819. The molecule has 0 bridgehead atoms. The van der Waals surface area contributed by atoms with E-state index in [1.165, 1.54) is 0 Å². The Kier molecular flexibility index (Phi) is 5.43. The first kappa shape index (κ1) is 18.3. The van der Waals surface area contributed by atoms with Gasteiger partial charge in [0.1, 0.15) is 24.3 Å². The highest BCUT2D eigenvalue weighted by atomic mass is 32.2. The normalized spacial score (nSPS) is 14.2. The highest BCUT2D eigenvalue weighted by Crippen LogP contribution is 2.20. The van der Waals surface area contributed by atoms with Crippen molar-refractivity contribution in [1.29, 1.82) is 0 Å². The second-order valence-electron chi connectivity index (χ2n) is 6.34. The second kappa shape index (κ2) is 8.30. The summed E-state index contributed by atoms with van der Waals surface area (Å²) >= 11 is 1.65. The minimum Gasteiger partial charge on any atom is -0.353 e. The maximum atomic E-state index is 12.6. The van der Waals surface area contributed by atoms with Gasteiger partial charge in [0.25, 0.3) is 0 Å². The third-order valence-corrected chi connectivity index (χ3v) is 5.34. The molecule has 28 heavy (non-hydrogen) atoms. The molecule has 1 aliphatic rings. The predicted octanol–water partition coefficient (Wildman–Crippen LogP) is 2.74. The van der Waals surface area contributed by atoms with E-state index in [4.69, 9.17) is 0 Å². The van der Waals surface area contributed by atoms with Crippen molar-refractivity contribution in [3.05, 3.63) is 55.4 Å². The monoisotopic (exact) mass is 395 g/mol. The molecule has 1 aliphatic heterocycles. The molecule has 1 saturated heterocycles. The molecule has 2 aromatic heterocycles. The number of rotatable bonds is 4. The van der Waals surface area contributed by atoms with Crippen LogP contribution in [0.4, 0.5) is 16.3 Å². The van der Waals surface area contributed by atoms with Crippen molar-refractivity contribution >= 4 is 29.3 Å². The third kappa shape index (κ3) is 4.09. The van der Waals surface area contributed by atoms with Crippen LogP contribution in [0.1, 0.15) is 0 Å². The zero-order valence-corrected chi connectivity index (χ0v) is 16.3. The average molecular weight is 395 g/mol. The molecule has 2 amide bonds. The van der Waals surface area contributed by atoms with Crippen LogP contribution in [0.25, 0.3) is 5.82 Å². The Morgan fingerprint density at radius 3 is 2.68 bits per heavy atom. The smallest absolute Gasteiger partial charge is 0.321 e. The Morgan fingerprint density at radius 1 is 1.11 bits per heavy atom. The van der Waals surface area contributed by atoms with Crippen molar-refractivity contribution in [2.75, 3.05) is 42.7 Å². The van der Waals surface area contributed by atoms with Gasteiger partial charge in [0.05, 0.1) is 0 Å². The number of thioether (sulfide) groups is 1. The van der Waals surface area contributed by atoms with Gasteiger partial charge < -0.3 is 15.1 Å². The van der Waals surface area contributed by atoms with Crippen LogP contribution in [-0.4, -0.2) is 62.9 Å². The summed E-state index contributed by atoms with van der Waals surface area (Å²) < 4.78 is 1.84. The van der Waals surface area contributed by atoms with Crippen molar-refractivity contribution in [3.63, 3.8) is 0 Å². The number of benzene rings is 1. The summed E-state index contributed by atoms with van der Waals surface area (Å²) in [6, 6.07) is 9.74. The zero-order valence-electron chi connectivity index (χ0n) is 15.5. The molecule has 3 aromatic rings. The lowest BCUT2D eigenvalue weighted by Crippen LogP contribution is -2.50. The van der Waals surface area contributed by atoms with Gasteiger partial charge in [-0.1, -0.05) is 6.07 Å². The van der Waals surface area contributed by atoms with Crippen LogP contribution >= 0.6 is 11.8 Å². The highest BCUT2D eigenvalue weighted by Gasteiger charge is 2.22. The fourth-order valence-corrected chi connectivity index (χ4v) is 3.55. The van der Waals surface area contributed by atoms with Gasteiger partial charge in [-0.05, 0) is 24.5 Å². The van der Waals surface area contributed by atoms with E-state index in [-0.39, 0.29) is 6.03 Å². The van der Waals surface area contributed by atoms with Gasteiger partial charge in [0, 0.05) is 55.2 Å². The summed E-state index contributed by atoms with van der Waals surface area (Å²) in [7, 11) is 0. The zero-order chi connectivity index (χ0) is 19.3. The van der Waals surface area contributed by atoms with Gasteiger partial charge in [0.15, 0.2) is 0 Å². The van der Waals surface area contributed by atoms with E-state index in [1.54, 1.807) is 30.6 Å². The lowest BCUT2D eigenvalue weighted by molar-refractivity contribution is 0.208. The first-order valence-corrected chi connectivity index (χ1v) is 10.2. The quantitative estimate of drug-likeness (QED) is 0.685. The van der Waals surface area contributed by atoms with Gasteiger partial charge in [0.2, 0.25) is 0 Å². The highest BCUT2D eigenvalue weighted by molar-refractivity contribution is 7.98. The van der Waals surface area contributed by atoms with Crippen LogP contribution in [0.15, 0.2) is 60.3 Å². The topological polar surface area (TPSA) is 79.2 Å². The van der Waals surface area contributed by atoms with E-state index in [9.17, 15) is 4.79 Å². The number of nitrogens with zero attached hydrogens (tertiary/aromatic N) is 6. The molecule has 0 aliphatic carbocycles. The number of urea groups is 1. The SMILES string of the molecule is CSc1cccc(NC(=O)N2CCN(c3cc(-n4ccnc4)ncn3)CC2)c1. The van der Waals surface area contributed by atoms with Crippen LogP contribution in [0.2, 0.25) is 0 Å². The number of nitrogens with one attached hydrogen (secondary N) is 1. The van der Waals surface area contributed by atoms with E-state index in [2.05, 4.69) is 25.2 Å². The second-order valence-corrected chi connectivity index (χ2v) is 7.22. The van der Waals surface area contributed by atoms with Crippen molar-refractivity contribution in [3.8, 4) is 5.82 Å². The number of hydrogen-bond acceptors (Lipinski definition) is 6. The molecule has 4 rings (SSSR count). The molecule has 0 saturated carbocycles. The van der Waals surface area contributed by atoms with Gasteiger partial charge >= 0.3 is 6.03 Å². The molecular formula is C19H21N7OS. The molecule has 144 valence electrons. The molecule has 0 unspecified atom stereocenters. The van der Waals surface area contributed by atoms with Crippen LogP contribution in [0.5, 0.6) is 0 Å². The Hall–Kier alpha value is -3.07. The number of carbonyl (C=O) groups excluding carboxylic acids is 1. The fraction of sp³-hybridized carbons (Fsp3) is 0.263. The molecule has 1 aromatic carbocycles. The van der Waals surface area contributed by atoms with Crippen molar-refractivity contribution < 1.29 is 4.79 Å². The van der Waals surface area contributed by atoms with Crippen molar-refractivity contribution in [2.24, 2.45) is 0 Å². The van der Waals surface area contributed by atoms with E-state index in [0.717, 1.165) is 35.3 Å². The number of anilines is 2. The number of aromatic nitrogens is 4. The standard InChI is InChI=1S/C19H21N7OS/c1-28-16-4-2-3-15(11-16)23-19(27)25-9-7-24(8-10-25)17-12-18(22-13-21-17)26-6-5-20-14-26/h2-6,11-14H,7-10H2,1H3,(H,23,27). The Bertz CT molecular complexity index is 939. The third-order valence-electron chi connectivity index (χ3n) is 4.62. The number of imidazole rings is 1. The Morgan fingerprint density at radius 2 is 1.93 bits per heavy atom. The number of piperazine rings is 1. The molecule has 0 atom stereocenters. The fourth-order valence-electron chi connectivity index (χ4n) is 3.09. The molecular weight excluding hydrogens is 374 g/mol. The Labute approximate surface area is 167 Å². The summed E-state index contributed by atoms with van der Waals surface area (Å²) in [6.07, 6.45) is 8.85. The van der Waals surface area contributed by atoms with Crippen molar-refractivity contribution in [1.82, 2.24) is 24.4 Å². The maximum absolute atomic E-state index is 12.6. The average Bonchev–Trinajstić information content (AvgIpc) is 3.29. The van der Waals surface area contributed by atoms with E-state index in [1.807, 2.05) is 52.3 Å². The van der Waals surface area contributed by atoms with Crippen molar-refractivity contribution in [2.45, 2.75) is 4.90 Å². The van der Waals surface area contributed by atoms with Gasteiger partial charge in [-0.15, -0.1) is 11.8 Å². The Balaban J connectivity index is 1.37. The van der Waals surface area contributed by atoms with E-state index in [0.29, 0.717) is 13.1 Å². The largest absolute Gasteiger partial charge is 0.353 e. The van der Waals surface area contributed by atoms with E-state index >= 15 is 0 Å². The van der Waals surface area contributed by atoms with E-state index < -0.39 is 0 Å². The molecule has 0 radical (unpaired) electrons. The number of carbonyl (C=O) groups is 1. The lowest BCUT2D eigenvalue weighted by Gasteiger charge is -2.35. The molecule has 3 heterocycles. The predicted molar refractivity (Wildman–Crippen MR) is 110 cm³/mol. The van der Waals surface area contributed by atoms with Crippen LogP contribution in [0.3, 0.4) is 0 Å². The van der Waals surface area contributed by atoms with Crippen LogP contribution < -0.4 is 10.2 Å². The molecule has 0 spiro atoms. The maximum Gasteiger partial charge on any atom is 0.321 e. The van der Waals surface area contributed by atoms with Crippen LogP contribution in [0, 0.1) is 0 Å². The molecule has 1 N–H and O–H groups in total. The van der Waals surface area contributed by atoms with Gasteiger partial charge in [-0.2, -0.15) is 0 Å². The first-order valence-electron chi connectivity index (χ1n) is 8.98. The molecule has 9 heteroatoms.